The molecule has 0 aliphatic carbocycles. The number of likely N-dealkylation sites (N-methyl/N-ethyl adjacent to an activating group) is 1. The van der Waals surface area contributed by atoms with E-state index in [0.29, 0.717) is 11.5 Å². The van der Waals surface area contributed by atoms with E-state index in [0.717, 1.165) is 17.2 Å². The fraction of sp³-hybridized carbons (Fsp3) is 0.400. The normalized spacial score (nSPS) is 14.1. The lowest BCUT2D eigenvalue weighted by atomic mass is 10.3. The van der Waals surface area contributed by atoms with Crippen molar-refractivity contribution in [3.05, 3.63) is 41.0 Å². The summed E-state index contributed by atoms with van der Waals surface area (Å²) in [6.45, 7) is 6.53. The van der Waals surface area contributed by atoms with Gasteiger partial charge in [0.05, 0.1) is 6.61 Å². The molecular weight excluding hydrogens is 258 g/mol. The number of hydrogen-bond acceptors (Lipinski definition) is 3. The first-order chi connectivity index (χ1) is 9.20. The topological polar surface area (TPSA) is 29.5 Å². The summed E-state index contributed by atoms with van der Waals surface area (Å²) in [4.78, 5) is 14.6. The predicted octanol–water partition coefficient (Wildman–Crippen LogP) is 3.67. The summed E-state index contributed by atoms with van der Waals surface area (Å²) in [5.41, 5.74) is 0.893. The fourth-order valence-corrected chi connectivity index (χ4v) is 2.53. The van der Waals surface area contributed by atoms with Crippen LogP contribution in [0.25, 0.3) is 0 Å². The molecular formula is C15H21NO2S. The molecule has 0 N–H and O–H groups in total. The molecule has 0 saturated heterocycles. The van der Waals surface area contributed by atoms with Gasteiger partial charge in [-0.25, -0.2) is 0 Å². The van der Waals surface area contributed by atoms with Crippen molar-refractivity contribution in [2.75, 3.05) is 24.3 Å². The zero-order valence-corrected chi connectivity index (χ0v) is 12.8. The maximum absolute atomic E-state index is 12.3. The summed E-state index contributed by atoms with van der Waals surface area (Å²) in [5.74, 6) is 1.56. The van der Waals surface area contributed by atoms with Gasteiger partial charge in [0.2, 0.25) is 0 Å². The van der Waals surface area contributed by atoms with Crippen LogP contribution in [0.3, 0.4) is 0 Å². The largest absolute Gasteiger partial charge is 0.496 e. The third-order valence-electron chi connectivity index (χ3n) is 2.61. The smallest absolute Gasteiger partial charge is 0.267 e. The van der Waals surface area contributed by atoms with E-state index in [1.807, 2.05) is 51.1 Å². The number of allylic oxidation sites excluding steroid dienone is 1. The quantitative estimate of drug-likeness (QED) is 0.827. The molecule has 1 heterocycles. The average Bonchev–Trinajstić information content (AvgIpc) is 2.49. The van der Waals surface area contributed by atoms with Gasteiger partial charge in [0.25, 0.3) is 5.91 Å². The summed E-state index contributed by atoms with van der Waals surface area (Å²) >= 11 is 1.57. The first kappa shape index (κ1) is 15.6. The Morgan fingerprint density at radius 3 is 2.47 bits per heavy atom. The van der Waals surface area contributed by atoms with Crippen LogP contribution in [-0.2, 0) is 9.53 Å². The number of ether oxygens (including phenoxy) is 1. The molecule has 0 fully saturated rings. The van der Waals surface area contributed by atoms with Crippen molar-refractivity contribution in [1.29, 1.82) is 0 Å². The van der Waals surface area contributed by atoms with Crippen LogP contribution in [0.15, 0.2) is 41.0 Å². The number of thioether (sulfide) groups is 1. The lowest BCUT2D eigenvalue weighted by molar-refractivity contribution is -0.114. The summed E-state index contributed by atoms with van der Waals surface area (Å²) in [6, 6.07) is 9.62. The standard InChI is InChI=1S/C13H15NO2S.C2H6/c1-10-12(17-9-8-16-10)13(15)14(2)11-6-4-3-5-7-11;1-2/h3-7H,8-9H2,1-2H3;1-2H3. The lowest BCUT2D eigenvalue weighted by Gasteiger charge is -2.23. The molecule has 1 aliphatic heterocycles. The molecule has 19 heavy (non-hydrogen) atoms. The molecule has 0 atom stereocenters. The van der Waals surface area contributed by atoms with Gasteiger partial charge in [-0.3, -0.25) is 4.79 Å². The van der Waals surface area contributed by atoms with Gasteiger partial charge in [0.15, 0.2) is 0 Å². The highest BCUT2D eigenvalue weighted by Crippen LogP contribution is 2.28. The Kier molecular flexibility index (Phi) is 6.50. The van der Waals surface area contributed by atoms with Crippen molar-refractivity contribution in [3.63, 3.8) is 0 Å². The second-order valence-corrected chi connectivity index (χ2v) is 4.89. The number of hydrogen-bond donors (Lipinski definition) is 0. The van der Waals surface area contributed by atoms with E-state index in [1.165, 1.54) is 0 Å². The van der Waals surface area contributed by atoms with Crippen LogP contribution in [0.4, 0.5) is 5.69 Å². The van der Waals surface area contributed by atoms with Gasteiger partial charge in [0, 0.05) is 18.5 Å². The highest BCUT2D eigenvalue weighted by atomic mass is 32.2. The Hall–Kier alpha value is -1.42. The van der Waals surface area contributed by atoms with Crippen molar-refractivity contribution in [2.45, 2.75) is 20.8 Å². The number of anilines is 1. The Morgan fingerprint density at radius 2 is 1.89 bits per heavy atom. The second kappa shape index (κ2) is 7.89. The Morgan fingerprint density at radius 1 is 1.26 bits per heavy atom. The molecule has 1 aromatic carbocycles. The predicted molar refractivity (Wildman–Crippen MR) is 82.3 cm³/mol. The number of nitrogens with zero attached hydrogens (tertiary/aromatic N) is 1. The number of carbonyl (C=O) groups excluding carboxylic acids is 1. The summed E-state index contributed by atoms with van der Waals surface area (Å²) < 4.78 is 5.41. The Labute approximate surface area is 119 Å². The van der Waals surface area contributed by atoms with E-state index in [4.69, 9.17) is 4.74 Å². The molecule has 1 aromatic rings. The SMILES string of the molecule is CC.CC1=C(C(=O)N(C)c2ccccc2)SCCO1. The summed E-state index contributed by atoms with van der Waals surface area (Å²) in [6.07, 6.45) is 0. The first-order valence-electron chi connectivity index (χ1n) is 6.49. The highest BCUT2D eigenvalue weighted by molar-refractivity contribution is 8.04. The highest BCUT2D eigenvalue weighted by Gasteiger charge is 2.22. The number of para-hydroxylation sites is 1. The van der Waals surface area contributed by atoms with Crippen molar-refractivity contribution in [2.24, 2.45) is 0 Å². The lowest BCUT2D eigenvalue weighted by Crippen LogP contribution is -2.29. The molecule has 4 heteroatoms. The van der Waals surface area contributed by atoms with Crippen LogP contribution >= 0.6 is 11.8 Å². The van der Waals surface area contributed by atoms with Crippen molar-refractivity contribution in [3.8, 4) is 0 Å². The minimum Gasteiger partial charge on any atom is -0.496 e. The van der Waals surface area contributed by atoms with Crippen LogP contribution in [0.1, 0.15) is 20.8 Å². The second-order valence-electron chi connectivity index (χ2n) is 3.78. The van der Waals surface area contributed by atoms with Gasteiger partial charge in [-0.1, -0.05) is 32.0 Å². The van der Waals surface area contributed by atoms with E-state index < -0.39 is 0 Å². The molecule has 104 valence electrons. The van der Waals surface area contributed by atoms with Gasteiger partial charge in [-0.05, 0) is 19.1 Å². The van der Waals surface area contributed by atoms with Crippen LogP contribution in [0.2, 0.25) is 0 Å². The maximum Gasteiger partial charge on any atom is 0.267 e. The minimum atomic E-state index is -0.00148. The van der Waals surface area contributed by atoms with Crippen LogP contribution in [-0.4, -0.2) is 25.3 Å². The van der Waals surface area contributed by atoms with E-state index in [1.54, 1.807) is 23.7 Å². The van der Waals surface area contributed by atoms with Crippen molar-refractivity contribution < 1.29 is 9.53 Å². The van der Waals surface area contributed by atoms with Crippen LogP contribution in [0.5, 0.6) is 0 Å². The minimum absolute atomic E-state index is 0.00148. The summed E-state index contributed by atoms with van der Waals surface area (Å²) in [5, 5.41) is 0. The molecule has 2 rings (SSSR count). The zero-order chi connectivity index (χ0) is 14.3. The number of carbonyl (C=O) groups is 1. The third-order valence-corrected chi connectivity index (χ3v) is 3.73. The number of benzene rings is 1. The number of amides is 1. The Bertz CT molecular complexity index is 443. The van der Waals surface area contributed by atoms with E-state index in [-0.39, 0.29) is 5.91 Å². The van der Waals surface area contributed by atoms with Gasteiger partial charge in [-0.2, -0.15) is 0 Å². The molecule has 3 nitrogen and oxygen atoms in total. The first-order valence-corrected chi connectivity index (χ1v) is 7.48. The van der Waals surface area contributed by atoms with Gasteiger partial charge >= 0.3 is 0 Å². The maximum atomic E-state index is 12.3. The van der Waals surface area contributed by atoms with Crippen molar-refractivity contribution >= 4 is 23.4 Å². The van der Waals surface area contributed by atoms with Gasteiger partial charge in [-0.15, -0.1) is 11.8 Å². The van der Waals surface area contributed by atoms with Crippen molar-refractivity contribution in [1.82, 2.24) is 0 Å². The molecule has 0 aromatic heterocycles. The monoisotopic (exact) mass is 279 g/mol. The van der Waals surface area contributed by atoms with Crippen LogP contribution in [0, 0.1) is 0 Å². The Balaban J connectivity index is 0.000000861. The molecule has 0 bridgehead atoms. The van der Waals surface area contributed by atoms with Gasteiger partial charge in [0.1, 0.15) is 10.7 Å². The molecule has 1 aliphatic rings. The zero-order valence-electron chi connectivity index (χ0n) is 12.0. The van der Waals surface area contributed by atoms with E-state index in [2.05, 4.69) is 0 Å². The van der Waals surface area contributed by atoms with Crippen LogP contribution < -0.4 is 4.90 Å². The molecule has 0 unspecified atom stereocenters. The molecule has 0 radical (unpaired) electrons. The number of rotatable bonds is 2. The average molecular weight is 279 g/mol. The van der Waals surface area contributed by atoms with Gasteiger partial charge < -0.3 is 9.64 Å². The third kappa shape index (κ3) is 4.03. The fourth-order valence-electron chi connectivity index (χ4n) is 1.64. The molecule has 0 saturated carbocycles. The molecule has 1 amide bonds. The molecule has 0 spiro atoms. The summed E-state index contributed by atoms with van der Waals surface area (Å²) in [7, 11) is 1.78. The van der Waals surface area contributed by atoms with E-state index >= 15 is 0 Å². The van der Waals surface area contributed by atoms with E-state index in [9.17, 15) is 4.79 Å².